The molecule has 19 heavy (non-hydrogen) atoms. The summed E-state index contributed by atoms with van der Waals surface area (Å²) in [5.74, 6) is -0.473. The number of hydrogen-bond donors (Lipinski definition) is 2. The molecule has 2 N–H and O–H groups in total. The molecule has 2 aromatic rings. The fraction of sp³-hybridized carbons (Fsp3) is 0. The minimum atomic E-state index is -0.989. The van der Waals surface area contributed by atoms with Crippen molar-refractivity contribution in [1.82, 2.24) is 4.98 Å². The lowest BCUT2D eigenvalue weighted by atomic mass is 10.2. The van der Waals surface area contributed by atoms with Crippen molar-refractivity contribution in [3.8, 4) is 6.07 Å². The number of carbonyl (C=O) groups is 1. The maximum absolute atomic E-state index is 10.8. The number of carboxylic acid groups (broad SMARTS) is 1. The van der Waals surface area contributed by atoms with Gasteiger partial charge < -0.3 is 10.4 Å². The predicted octanol–water partition coefficient (Wildman–Crippen LogP) is 3.16. The molecule has 0 atom stereocenters. The van der Waals surface area contributed by atoms with Crippen LogP contribution in [0.3, 0.4) is 0 Å². The van der Waals surface area contributed by atoms with Gasteiger partial charge in [0, 0.05) is 4.47 Å². The highest BCUT2D eigenvalue weighted by molar-refractivity contribution is 9.10. The average Bonchev–Trinajstić information content (AvgIpc) is 2.41. The molecule has 0 aliphatic heterocycles. The van der Waals surface area contributed by atoms with Crippen LogP contribution in [-0.2, 0) is 0 Å². The normalized spacial score (nSPS) is 9.68. The van der Waals surface area contributed by atoms with E-state index in [-0.39, 0.29) is 5.56 Å². The number of pyridine rings is 1. The molecule has 0 fully saturated rings. The third-order valence-electron chi connectivity index (χ3n) is 2.34. The first kappa shape index (κ1) is 13.1. The second kappa shape index (κ2) is 5.50. The molecule has 0 saturated heterocycles. The Morgan fingerprint density at radius 1 is 1.37 bits per heavy atom. The van der Waals surface area contributed by atoms with E-state index in [1.54, 1.807) is 24.3 Å². The number of aromatic nitrogens is 1. The van der Waals surface area contributed by atoms with Crippen molar-refractivity contribution in [2.75, 3.05) is 5.32 Å². The Labute approximate surface area is 117 Å². The van der Waals surface area contributed by atoms with E-state index in [9.17, 15) is 4.79 Å². The minimum absolute atomic E-state index is 0.191. The molecule has 1 heterocycles. The summed E-state index contributed by atoms with van der Waals surface area (Å²) in [6.07, 6.45) is 0. The zero-order chi connectivity index (χ0) is 13.8. The van der Waals surface area contributed by atoms with Gasteiger partial charge in [0.15, 0.2) is 0 Å². The number of benzene rings is 1. The number of halogens is 1. The summed E-state index contributed by atoms with van der Waals surface area (Å²) in [6, 6.07) is 11.6. The van der Waals surface area contributed by atoms with Crippen LogP contribution in [0.1, 0.15) is 16.1 Å². The van der Waals surface area contributed by atoms with E-state index in [1.165, 1.54) is 12.1 Å². The Balaban J connectivity index is 2.28. The maximum atomic E-state index is 10.8. The van der Waals surface area contributed by atoms with Gasteiger partial charge in [-0.1, -0.05) is 6.07 Å². The van der Waals surface area contributed by atoms with Gasteiger partial charge in [0.05, 0.1) is 11.3 Å². The maximum Gasteiger partial charge on any atom is 0.335 e. The lowest BCUT2D eigenvalue weighted by molar-refractivity contribution is 0.0697. The number of nitrogens with zero attached hydrogens (tertiary/aromatic N) is 2. The number of hydrogen-bond acceptors (Lipinski definition) is 4. The first-order valence-electron chi connectivity index (χ1n) is 5.27. The first-order valence-corrected chi connectivity index (χ1v) is 6.06. The van der Waals surface area contributed by atoms with Crippen LogP contribution in [0.4, 0.5) is 11.5 Å². The monoisotopic (exact) mass is 317 g/mol. The molecule has 0 aliphatic rings. The van der Waals surface area contributed by atoms with Crippen LogP contribution in [0, 0.1) is 11.3 Å². The lowest BCUT2D eigenvalue weighted by Gasteiger charge is -2.08. The zero-order valence-electron chi connectivity index (χ0n) is 9.59. The van der Waals surface area contributed by atoms with Crippen LogP contribution in [0.5, 0.6) is 0 Å². The van der Waals surface area contributed by atoms with Gasteiger partial charge in [0.25, 0.3) is 0 Å². The largest absolute Gasteiger partial charge is 0.478 e. The van der Waals surface area contributed by atoms with Gasteiger partial charge in [-0.05, 0) is 46.3 Å². The van der Waals surface area contributed by atoms with Crippen molar-refractivity contribution in [3.63, 3.8) is 0 Å². The number of rotatable bonds is 3. The molecule has 0 amide bonds. The molecule has 1 aromatic heterocycles. The van der Waals surface area contributed by atoms with E-state index in [0.29, 0.717) is 21.7 Å². The average molecular weight is 318 g/mol. The third-order valence-corrected chi connectivity index (χ3v) is 3.00. The first-order chi connectivity index (χ1) is 9.10. The Kier molecular flexibility index (Phi) is 3.78. The highest BCUT2D eigenvalue weighted by Gasteiger charge is 2.07. The minimum Gasteiger partial charge on any atom is -0.478 e. The van der Waals surface area contributed by atoms with Crippen LogP contribution in [0.15, 0.2) is 40.9 Å². The number of aromatic carboxylic acids is 1. The number of nitrogens with one attached hydrogen (secondary N) is 1. The zero-order valence-corrected chi connectivity index (χ0v) is 11.2. The molecule has 2 rings (SSSR count). The summed E-state index contributed by atoms with van der Waals surface area (Å²) in [4.78, 5) is 14.9. The van der Waals surface area contributed by atoms with Crippen molar-refractivity contribution >= 4 is 33.4 Å². The van der Waals surface area contributed by atoms with E-state index >= 15 is 0 Å². The van der Waals surface area contributed by atoms with E-state index in [0.717, 1.165) is 0 Å². The number of carboxylic acids is 1. The molecule has 0 aliphatic carbocycles. The van der Waals surface area contributed by atoms with Crippen LogP contribution in [-0.4, -0.2) is 16.1 Å². The Bertz CT molecular complexity index is 680. The molecular weight excluding hydrogens is 310 g/mol. The second-order valence-electron chi connectivity index (χ2n) is 3.64. The van der Waals surface area contributed by atoms with Gasteiger partial charge in [0.1, 0.15) is 17.6 Å². The topological polar surface area (TPSA) is 86.0 Å². The second-order valence-corrected chi connectivity index (χ2v) is 4.50. The molecule has 0 spiro atoms. The van der Waals surface area contributed by atoms with Crippen molar-refractivity contribution in [2.24, 2.45) is 0 Å². The van der Waals surface area contributed by atoms with Gasteiger partial charge in [-0.2, -0.15) is 5.26 Å². The van der Waals surface area contributed by atoms with Crippen LogP contribution in [0.25, 0.3) is 0 Å². The van der Waals surface area contributed by atoms with Crippen LogP contribution < -0.4 is 5.32 Å². The van der Waals surface area contributed by atoms with Crippen molar-refractivity contribution in [1.29, 1.82) is 5.26 Å². The predicted molar refractivity (Wildman–Crippen MR) is 73.3 cm³/mol. The highest BCUT2D eigenvalue weighted by Crippen LogP contribution is 2.26. The van der Waals surface area contributed by atoms with Crippen LogP contribution in [0.2, 0.25) is 0 Å². The highest BCUT2D eigenvalue weighted by atomic mass is 79.9. The molecule has 0 unspecified atom stereocenters. The molecule has 0 bridgehead atoms. The van der Waals surface area contributed by atoms with Gasteiger partial charge in [-0.3, -0.25) is 0 Å². The van der Waals surface area contributed by atoms with Gasteiger partial charge in [-0.15, -0.1) is 0 Å². The summed E-state index contributed by atoms with van der Waals surface area (Å²) < 4.78 is 0.608. The van der Waals surface area contributed by atoms with E-state index < -0.39 is 5.97 Å². The van der Waals surface area contributed by atoms with Crippen molar-refractivity contribution < 1.29 is 9.90 Å². The van der Waals surface area contributed by atoms with Crippen molar-refractivity contribution in [3.05, 3.63) is 52.1 Å². The standard InChI is InChI=1S/C13H8BrN3O2/c14-10-6-8(13(18)19)4-5-11(10)17-12-3-1-2-9(7-15)16-12/h1-6H,(H,16,17)(H,18,19). The molecule has 94 valence electrons. The van der Waals surface area contributed by atoms with Gasteiger partial charge in [-0.25, -0.2) is 9.78 Å². The van der Waals surface area contributed by atoms with E-state index in [4.69, 9.17) is 10.4 Å². The molecule has 1 aromatic carbocycles. The molecule has 0 saturated carbocycles. The fourth-order valence-electron chi connectivity index (χ4n) is 1.45. The summed E-state index contributed by atoms with van der Waals surface area (Å²) in [7, 11) is 0. The van der Waals surface area contributed by atoms with Gasteiger partial charge >= 0.3 is 5.97 Å². The lowest BCUT2D eigenvalue weighted by Crippen LogP contribution is -1.99. The van der Waals surface area contributed by atoms with Crippen LogP contribution >= 0.6 is 15.9 Å². The van der Waals surface area contributed by atoms with Gasteiger partial charge in [0.2, 0.25) is 0 Å². The SMILES string of the molecule is N#Cc1cccc(Nc2ccc(C(=O)O)cc2Br)n1. The molecular formula is C13H8BrN3O2. The molecule has 6 heteroatoms. The number of anilines is 2. The van der Waals surface area contributed by atoms with E-state index in [1.807, 2.05) is 6.07 Å². The summed E-state index contributed by atoms with van der Waals surface area (Å²) in [5, 5.41) is 20.6. The van der Waals surface area contributed by atoms with E-state index in [2.05, 4.69) is 26.2 Å². The summed E-state index contributed by atoms with van der Waals surface area (Å²) in [5.41, 5.74) is 1.17. The van der Waals surface area contributed by atoms with Crippen molar-refractivity contribution in [2.45, 2.75) is 0 Å². The Hall–Kier alpha value is -2.39. The fourth-order valence-corrected chi connectivity index (χ4v) is 1.93. The Morgan fingerprint density at radius 3 is 2.79 bits per heavy atom. The molecule has 5 nitrogen and oxygen atoms in total. The third kappa shape index (κ3) is 3.09. The quantitative estimate of drug-likeness (QED) is 0.908. The summed E-state index contributed by atoms with van der Waals surface area (Å²) in [6.45, 7) is 0. The molecule has 0 radical (unpaired) electrons. The Morgan fingerprint density at radius 2 is 2.16 bits per heavy atom. The summed E-state index contributed by atoms with van der Waals surface area (Å²) >= 11 is 3.29. The number of nitriles is 1. The smallest absolute Gasteiger partial charge is 0.335 e.